The van der Waals surface area contributed by atoms with Gasteiger partial charge >= 0.3 is 0 Å². The topological polar surface area (TPSA) is 34.1 Å². The Morgan fingerprint density at radius 3 is 2.27 bits per heavy atom. The van der Waals surface area contributed by atoms with Gasteiger partial charge in [0.05, 0.1) is 4.90 Å². The second kappa shape index (κ2) is 6.40. The molecule has 84 valence electrons. The van der Waals surface area contributed by atoms with Crippen molar-refractivity contribution >= 4 is 15.9 Å². The summed E-state index contributed by atoms with van der Waals surface area (Å²) in [5.74, 6) is 0. The minimum absolute atomic E-state index is 0.364. The summed E-state index contributed by atoms with van der Waals surface area (Å²) in [5.41, 5.74) is 0.908. The van der Waals surface area contributed by atoms with Crippen molar-refractivity contribution in [3.63, 3.8) is 0 Å². The lowest BCUT2D eigenvalue weighted by molar-refractivity contribution is 0.602. The molecule has 0 aliphatic rings. The van der Waals surface area contributed by atoms with Crippen LogP contribution in [0.25, 0.3) is 6.08 Å². The highest BCUT2D eigenvalue weighted by Crippen LogP contribution is 2.12. The smallest absolute Gasteiger partial charge is 0.175 e. The Kier molecular flexibility index (Phi) is 5.94. The lowest BCUT2D eigenvalue weighted by atomic mass is 10.2. The van der Waals surface area contributed by atoms with Gasteiger partial charge in [0.2, 0.25) is 0 Å². The second-order valence-electron chi connectivity index (χ2n) is 2.84. The summed E-state index contributed by atoms with van der Waals surface area (Å²) >= 11 is 0. The van der Waals surface area contributed by atoms with Crippen LogP contribution in [0.4, 0.5) is 0 Å². The summed E-state index contributed by atoms with van der Waals surface area (Å²) < 4.78 is 22.3. The molecule has 1 aromatic rings. The zero-order valence-electron chi connectivity index (χ0n) is 9.69. The Labute approximate surface area is 92.6 Å². The van der Waals surface area contributed by atoms with Crippen molar-refractivity contribution in [2.24, 2.45) is 0 Å². The molecular formula is C12H18O2S. The predicted octanol–water partition coefficient (Wildman–Crippen LogP) is 3.15. The molecule has 1 rings (SSSR count). The van der Waals surface area contributed by atoms with Crippen LogP contribution in [-0.4, -0.2) is 14.7 Å². The van der Waals surface area contributed by atoms with E-state index in [4.69, 9.17) is 0 Å². The van der Waals surface area contributed by atoms with Gasteiger partial charge in [-0.3, -0.25) is 0 Å². The fourth-order valence-electron chi connectivity index (χ4n) is 1.04. The van der Waals surface area contributed by atoms with Gasteiger partial charge in [-0.1, -0.05) is 38.1 Å². The molecule has 0 unspecified atom stereocenters. The Balaban J connectivity index is 0.000000921. The molecule has 0 fully saturated rings. The van der Waals surface area contributed by atoms with Crippen LogP contribution in [0.3, 0.4) is 0 Å². The maximum atomic E-state index is 11.2. The Hall–Kier alpha value is -1.09. The summed E-state index contributed by atoms with van der Waals surface area (Å²) in [4.78, 5) is 0.364. The van der Waals surface area contributed by atoms with Crippen molar-refractivity contribution in [2.75, 3.05) is 6.26 Å². The van der Waals surface area contributed by atoms with Gasteiger partial charge in [0.1, 0.15) is 0 Å². The minimum Gasteiger partial charge on any atom is -0.224 e. The minimum atomic E-state index is -3.08. The molecule has 0 bridgehead atoms. The number of allylic oxidation sites excluding steroid dienone is 1. The maximum Gasteiger partial charge on any atom is 0.175 e. The third-order valence-electron chi connectivity index (χ3n) is 1.65. The number of benzene rings is 1. The predicted molar refractivity (Wildman–Crippen MR) is 65.6 cm³/mol. The Morgan fingerprint density at radius 1 is 1.20 bits per heavy atom. The van der Waals surface area contributed by atoms with Crippen molar-refractivity contribution in [1.29, 1.82) is 0 Å². The van der Waals surface area contributed by atoms with Crippen LogP contribution >= 0.6 is 0 Å². The average Bonchev–Trinajstić information content (AvgIpc) is 2.21. The van der Waals surface area contributed by atoms with Gasteiger partial charge in [0, 0.05) is 6.26 Å². The fourth-order valence-corrected chi connectivity index (χ4v) is 1.72. The molecule has 0 spiro atoms. The quantitative estimate of drug-likeness (QED) is 0.776. The molecule has 0 saturated heterocycles. The SMILES string of the molecule is C/C=C/c1cccc(S(C)(=O)=O)c1.CC. The van der Waals surface area contributed by atoms with E-state index >= 15 is 0 Å². The van der Waals surface area contributed by atoms with Gasteiger partial charge in [-0.15, -0.1) is 0 Å². The van der Waals surface area contributed by atoms with Crippen LogP contribution in [0.1, 0.15) is 26.3 Å². The molecule has 0 aliphatic heterocycles. The highest BCUT2D eigenvalue weighted by atomic mass is 32.2. The molecule has 0 radical (unpaired) electrons. The number of rotatable bonds is 2. The monoisotopic (exact) mass is 226 g/mol. The van der Waals surface area contributed by atoms with E-state index in [9.17, 15) is 8.42 Å². The first-order valence-electron chi connectivity index (χ1n) is 4.97. The zero-order valence-corrected chi connectivity index (χ0v) is 10.5. The van der Waals surface area contributed by atoms with E-state index in [1.54, 1.807) is 18.2 Å². The van der Waals surface area contributed by atoms with Gasteiger partial charge in [-0.25, -0.2) is 8.42 Å². The molecule has 3 heteroatoms. The first-order valence-corrected chi connectivity index (χ1v) is 6.86. The molecular weight excluding hydrogens is 208 g/mol. The van der Waals surface area contributed by atoms with Crippen molar-refractivity contribution in [1.82, 2.24) is 0 Å². The van der Waals surface area contributed by atoms with Gasteiger partial charge in [0.25, 0.3) is 0 Å². The highest BCUT2D eigenvalue weighted by Gasteiger charge is 2.05. The lowest BCUT2D eigenvalue weighted by Crippen LogP contribution is -1.96. The first kappa shape index (κ1) is 13.9. The molecule has 0 atom stereocenters. The van der Waals surface area contributed by atoms with Crippen LogP contribution in [0.5, 0.6) is 0 Å². The summed E-state index contributed by atoms with van der Waals surface area (Å²) in [6.07, 6.45) is 4.96. The van der Waals surface area contributed by atoms with E-state index < -0.39 is 9.84 Å². The van der Waals surface area contributed by atoms with Crippen molar-refractivity contribution < 1.29 is 8.42 Å². The lowest BCUT2D eigenvalue weighted by Gasteiger charge is -1.98. The molecule has 0 saturated carbocycles. The van der Waals surface area contributed by atoms with E-state index in [0.717, 1.165) is 5.56 Å². The molecule has 15 heavy (non-hydrogen) atoms. The molecule has 1 aromatic carbocycles. The van der Waals surface area contributed by atoms with E-state index in [-0.39, 0.29) is 0 Å². The van der Waals surface area contributed by atoms with Gasteiger partial charge in [-0.2, -0.15) is 0 Å². The average molecular weight is 226 g/mol. The third-order valence-corrected chi connectivity index (χ3v) is 2.76. The Bertz CT molecular complexity index is 417. The standard InChI is InChI=1S/C10H12O2S.C2H6/c1-3-5-9-6-4-7-10(8-9)13(2,11)12;1-2/h3-8H,1-2H3;1-2H3/b5-3+;. The van der Waals surface area contributed by atoms with E-state index in [0.29, 0.717) is 4.90 Å². The second-order valence-corrected chi connectivity index (χ2v) is 4.86. The van der Waals surface area contributed by atoms with Crippen molar-refractivity contribution in [2.45, 2.75) is 25.7 Å². The number of hydrogen-bond donors (Lipinski definition) is 0. The molecule has 0 aromatic heterocycles. The first-order chi connectivity index (χ1) is 7.04. The summed E-state index contributed by atoms with van der Waals surface area (Å²) in [6.45, 7) is 5.90. The molecule has 2 nitrogen and oxygen atoms in total. The molecule has 0 heterocycles. The van der Waals surface area contributed by atoms with Crippen LogP contribution < -0.4 is 0 Å². The van der Waals surface area contributed by atoms with Crippen LogP contribution in [-0.2, 0) is 9.84 Å². The van der Waals surface area contributed by atoms with E-state index in [1.165, 1.54) is 6.26 Å². The molecule has 0 amide bonds. The van der Waals surface area contributed by atoms with Crippen LogP contribution in [0, 0.1) is 0 Å². The molecule has 0 N–H and O–H groups in total. The van der Waals surface area contributed by atoms with E-state index in [2.05, 4.69) is 0 Å². The van der Waals surface area contributed by atoms with E-state index in [1.807, 2.05) is 39.0 Å². The van der Waals surface area contributed by atoms with Crippen LogP contribution in [0.15, 0.2) is 35.2 Å². The van der Waals surface area contributed by atoms with Crippen molar-refractivity contribution in [3.05, 3.63) is 35.9 Å². The largest absolute Gasteiger partial charge is 0.224 e. The Morgan fingerprint density at radius 2 is 1.80 bits per heavy atom. The number of hydrogen-bond acceptors (Lipinski definition) is 2. The zero-order chi connectivity index (χ0) is 11.9. The number of sulfone groups is 1. The third kappa shape index (κ3) is 4.79. The summed E-state index contributed by atoms with van der Waals surface area (Å²) in [7, 11) is -3.08. The normalized spacial score (nSPS) is 10.9. The fraction of sp³-hybridized carbons (Fsp3) is 0.333. The highest BCUT2D eigenvalue weighted by molar-refractivity contribution is 7.90. The van der Waals surface area contributed by atoms with Gasteiger partial charge in [-0.05, 0) is 24.6 Å². The van der Waals surface area contributed by atoms with Gasteiger partial charge < -0.3 is 0 Å². The van der Waals surface area contributed by atoms with Crippen LogP contribution in [0.2, 0.25) is 0 Å². The summed E-state index contributed by atoms with van der Waals surface area (Å²) in [5, 5.41) is 0. The maximum absolute atomic E-state index is 11.2. The summed E-state index contributed by atoms with van der Waals surface area (Å²) in [6, 6.07) is 6.87. The van der Waals surface area contributed by atoms with Crippen molar-refractivity contribution in [3.8, 4) is 0 Å². The molecule has 0 aliphatic carbocycles. The van der Waals surface area contributed by atoms with Gasteiger partial charge in [0.15, 0.2) is 9.84 Å².